The molecule has 0 aromatic carbocycles. The van der Waals surface area contributed by atoms with Crippen LogP contribution in [0.4, 0.5) is 0 Å². The monoisotopic (exact) mass is 225 g/mol. The van der Waals surface area contributed by atoms with Gasteiger partial charge in [-0.3, -0.25) is 0 Å². The molecule has 82 valence electrons. The van der Waals surface area contributed by atoms with Gasteiger partial charge in [-0.05, 0) is 12.8 Å². The molecule has 15 heavy (non-hydrogen) atoms. The number of thioether (sulfide) groups is 1. The number of hydrogen-bond donors (Lipinski definition) is 1. The minimum atomic E-state index is 0.0263. The molecule has 0 atom stereocenters. The van der Waals surface area contributed by atoms with Gasteiger partial charge in [0, 0.05) is 19.2 Å². The van der Waals surface area contributed by atoms with Gasteiger partial charge in [-0.2, -0.15) is 5.26 Å². The van der Waals surface area contributed by atoms with Gasteiger partial charge in [0.15, 0.2) is 5.16 Å². The van der Waals surface area contributed by atoms with E-state index in [1.54, 1.807) is 18.0 Å². The average molecular weight is 225 g/mol. The van der Waals surface area contributed by atoms with Crippen LogP contribution in [0.25, 0.3) is 0 Å². The van der Waals surface area contributed by atoms with Gasteiger partial charge >= 0.3 is 0 Å². The Labute approximate surface area is 93.9 Å². The number of unbranched alkanes of at least 4 members (excludes halogenated alkanes) is 2. The molecule has 0 fully saturated rings. The van der Waals surface area contributed by atoms with Gasteiger partial charge in [0.25, 0.3) is 0 Å². The molecule has 0 aliphatic rings. The zero-order valence-corrected chi connectivity index (χ0v) is 9.63. The lowest BCUT2D eigenvalue weighted by Crippen LogP contribution is -1.97. The Morgan fingerprint density at radius 1 is 1.60 bits per heavy atom. The highest BCUT2D eigenvalue weighted by Gasteiger charge is 2.05. The topological polar surface area (TPSA) is 61.8 Å². The van der Waals surface area contributed by atoms with Crippen molar-refractivity contribution in [1.29, 1.82) is 5.26 Å². The number of aliphatic hydroxyl groups excluding tert-OH is 1. The molecule has 0 aliphatic carbocycles. The van der Waals surface area contributed by atoms with Gasteiger partial charge in [-0.1, -0.05) is 11.8 Å². The number of imidazole rings is 1. The molecule has 1 heterocycles. The highest BCUT2D eigenvalue weighted by atomic mass is 32.2. The van der Waals surface area contributed by atoms with Crippen LogP contribution in [0, 0.1) is 11.3 Å². The van der Waals surface area contributed by atoms with E-state index in [4.69, 9.17) is 10.4 Å². The Balaban J connectivity index is 2.32. The molecule has 0 amide bonds. The number of nitrogens with zero attached hydrogens (tertiary/aromatic N) is 3. The first-order chi connectivity index (χ1) is 7.29. The second-order valence-electron chi connectivity index (χ2n) is 3.21. The number of nitriles is 1. The third-order valence-corrected chi connectivity index (χ3v) is 3.25. The van der Waals surface area contributed by atoms with E-state index in [1.165, 1.54) is 0 Å². The van der Waals surface area contributed by atoms with Crippen LogP contribution in [-0.2, 0) is 13.7 Å². The number of rotatable bonds is 6. The summed E-state index contributed by atoms with van der Waals surface area (Å²) in [5.41, 5.74) is 0.828. The van der Waals surface area contributed by atoms with Crippen molar-refractivity contribution in [3.63, 3.8) is 0 Å². The maximum Gasteiger partial charge on any atom is 0.167 e. The molecule has 0 saturated carbocycles. The van der Waals surface area contributed by atoms with E-state index in [9.17, 15) is 0 Å². The van der Waals surface area contributed by atoms with Crippen molar-refractivity contribution in [3.05, 3.63) is 11.9 Å². The number of hydrogen-bond acceptors (Lipinski definition) is 4. The zero-order valence-electron chi connectivity index (χ0n) is 8.81. The predicted octanol–water partition coefficient (Wildman–Crippen LogP) is 1.70. The molecule has 1 rings (SSSR count). The molecule has 0 aliphatic heterocycles. The molecule has 4 nitrogen and oxygen atoms in total. The smallest absolute Gasteiger partial charge is 0.167 e. The van der Waals surface area contributed by atoms with E-state index in [0.717, 1.165) is 29.4 Å². The molecule has 1 aromatic rings. The lowest BCUT2D eigenvalue weighted by atomic mass is 10.3. The second-order valence-corrected chi connectivity index (χ2v) is 4.27. The van der Waals surface area contributed by atoms with E-state index in [-0.39, 0.29) is 6.61 Å². The van der Waals surface area contributed by atoms with E-state index >= 15 is 0 Å². The predicted molar refractivity (Wildman–Crippen MR) is 59.3 cm³/mol. The van der Waals surface area contributed by atoms with Crippen molar-refractivity contribution in [1.82, 2.24) is 9.55 Å². The second kappa shape index (κ2) is 6.49. The van der Waals surface area contributed by atoms with Crippen LogP contribution >= 0.6 is 11.8 Å². The van der Waals surface area contributed by atoms with Gasteiger partial charge in [0.1, 0.15) is 0 Å². The molecular weight excluding hydrogens is 210 g/mol. The third kappa shape index (κ3) is 3.57. The molecule has 0 spiro atoms. The van der Waals surface area contributed by atoms with Crippen LogP contribution in [-0.4, -0.2) is 20.4 Å². The Morgan fingerprint density at radius 2 is 2.40 bits per heavy atom. The van der Waals surface area contributed by atoms with Crippen LogP contribution in [0.1, 0.15) is 25.0 Å². The largest absolute Gasteiger partial charge is 0.390 e. The van der Waals surface area contributed by atoms with E-state index in [0.29, 0.717) is 6.42 Å². The minimum absolute atomic E-state index is 0.0263. The standard InChI is InChI=1S/C10H15N3OS/c1-13-9(8-14)7-12-10(13)15-6-4-2-3-5-11/h7,14H,2-4,6,8H2,1H3. The summed E-state index contributed by atoms with van der Waals surface area (Å²) in [6.45, 7) is 0.0263. The first-order valence-corrected chi connectivity index (χ1v) is 5.89. The molecule has 5 heteroatoms. The maximum atomic E-state index is 8.97. The van der Waals surface area contributed by atoms with Crippen LogP contribution < -0.4 is 0 Å². The number of aliphatic hydroxyl groups is 1. The van der Waals surface area contributed by atoms with Crippen molar-refractivity contribution < 1.29 is 5.11 Å². The summed E-state index contributed by atoms with van der Waals surface area (Å²) < 4.78 is 1.90. The first kappa shape index (κ1) is 12.1. The van der Waals surface area contributed by atoms with Gasteiger partial charge in [0.2, 0.25) is 0 Å². The minimum Gasteiger partial charge on any atom is -0.390 e. The molecule has 1 N–H and O–H groups in total. The quantitative estimate of drug-likeness (QED) is 0.591. The van der Waals surface area contributed by atoms with Crippen LogP contribution in [0.2, 0.25) is 0 Å². The van der Waals surface area contributed by atoms with Crippen molar-refractivity contribution in [2.75, 3.05) is 5.75 Å². The summed E-state index contributed by atoms with van der Waals surface area (Å²) >= 11 is 1.67. The van der Waals surface area contributed by atoms with Crippen molar-refractivity contribution in [3.8, 4) is 6.07 Å². The van der Waals surface area contributed by atoms with E-state index in [2.05, 4.69) is 11.1 Å². The normalized spacial score (nSPS) is 10.2. The lowest BCUT2D eigenvalue weighted by Gasteiger charge is -2.02. The average Bonchev–Trinajstić information content (AvgIpc) is 2.60. The van der Waals surface area contributed by atoms with Crippen LogP contribution in [0.3, 0.4) is 0 Å². The van der Waals surface area contributed by atoms with Crippen molar-refractivity contribution in [2.45, 2.75) is 31.0 Å². The molecule has 1 aromatic heterocycles. The van der Waals surface area contributed by atoms with Crippen LogP contribution in [0.15, 0.2) is 11.4 Å². The Morgan fingerprint density at radius 3 is 3.00 bits per heavy atom. The molecule has 0 radical (unpaired) electrons. The highest BCUT2D eigenvalue weighted by Crippen LogP contribution is 2.18. The fourth-order valence-corrected chi connectivity index (χ4v) is 2.15. The third-order valence-electron chi connectivity index (χ3n) is 2.12. The highest BCUT2D eigenvalue weighted by molar-refractivity contribution is 7.99. The zero-order chi connectivity index (χ0) is 11.1. The van der Waals surface area contributed by atoms with E-state index < -0.39 is 0 Å². The van der Waals surface area contributed by atoms with E-state index in [1.807, 2.05) is 11.6 Å². The first-order valence-electron chi connectivity index (χ1n) is 4.90. The van der Waals surface area contributed by atoms with Crippen molar-refractivity contribution >= 4 is 11.8 Å². The maximum absolute atomic E-state index is 8.97. The molecular formula is C10H15N3OS. The molecule has 0 unspecified atom stereocenters. The Kier molecular flexibility index (Phi) is 5.22. The lowest BCUT2D eigenvalue weighted by molar-refractivity contribution is 0.271. The summed E-state index contributed by atoms with van der Waals surface area (Å²) in [6, 6.07) is 2.13. The summed E-state index contributed by atoms with van der Waals surface area (Å²) in [5, 5.41) is 18.3. The van der Waals surface area contributed by atoms with Crippen LogP contribution in [0.5, 0.6) is 0 Å². The van der Waals surface area contributed by atoms with Gasteiger partial charge < -0.3 is 9.67 Å². The Hall–Kier alpha value is -0.990. The van der Waals surface area contributed by atoms with Gasteiger partial charge in [0.05, 0.1) is 24.6 Å². The van der Waals surface area contributed by atoms with Gasteiger partial charge in [-0.25, -0.2) is 4.98 Å². The Bertz CT molecular complexity index is 343. The SMILES string of the molecule is Cn1c(CO)cnc1SCCCCC#N. The fraction of sp³-hybridized carbons (Fsp3) is 0.600. The summed E-state index contributed by atoms with van der Waals surface area (Å²) in [5.74, 6) is 0.970. The van der Waals surface area contributed by atoms with Crippen molar-refractivity contribution in [2.24, 2.45) is 7.05 Å². The summed E-state index contributed by atoms with van der Waals surface area (Å²) in [4.78, 5) is 4.21. The summed E-state index contributed by atoms with van der Waals surface area (Å²) in [7, 11) is 1.90. The summed E-state index contributed by atoms with van der Waals surface area (Å²) in [6.07, 6.45) is 4.29. The number of aromatic nitrogens is 2. The molecule has 0 bridgehead atoms. The fourth-order valence-electron chi connectivity index (χ4n) is 1.18. The van der Waals surface area contributed by atoms with Gasteiger partial charge in [-0.15, -0.1) is 0 Å². The molecule has 0 saturated heterocycles.